The van der Waals surface area contributed by atoms with Crippen LogP contribution in [0.25, 0.3) is 10.2 Å². The standard InChI is InChI=1S/C21H24N2O5S/c1-14-17-19(25)22(11-12-27-2)21(26)23(10-9-15-7-5-4-6-8-15)20(17)29-18(14)16(24)13-28-3/h4-8H,9-13H2,1-3H3. The molecule has 0 aliphatic heterocycles. The third-order valence-corrected chi connectivity index (χ3v) is 6.16. The van der Waals surface area contributed by atoms with Crippen molar-refractivity contribution in [2.24, 2.45) is 0 Å². The van der Waals surface area contributed by atoms with Crippen molar-refractivity contribution in [1.82, 2.24) is 9.13 Å². The van der Waals surface area contributed by atoms with Gasteiger partial charge in [0.05, 0.1) is 23.4 Å². The van der Waals surface area contributed by atoms with Gasteiger partial charge in [0.1, 0.15) is 11.4 Å². The van der Waals surface area contributed by atoms with E-state index in [2.05, 4.69) is 0 Å². The van der Waals surface area contributed by atoms with E-state index in [1.165, 1.54) is 30.1 Å². The highest BCUT2D eigenvalue weighted by atomic mass is 32.1. The Balaban J connectivity index is 2.18. The van der Waals surface area contributed by atoms with Crippen molar-refractivity contribution in [3.05, 3.63) is 67.2 Å². The van der Waals surface area contributed by atoms with Gasteiger partial charge >= 0.3 is 5.69 Å². The first-order valence-electron chi connectivity index (χ1n) is 9.31. The summed E-state index contributed by atoms with van der Waals surface area (Å²) in [7, 11) is 2.98. The lowest BCUT2D eigenvalue weighted by Gasteiger charge is -2.12. The van der Waals surface area contributed by atoms with Crippen LogP contribution in [0.3, 0.4) is 0 Å². The summed E-state index contributed by atoms with van der Waals surface area (Å²) < 4.78 is 12.8. The topological polar surface area (TPSA) is 79.5 Å². The number of ketones is 1. The van der Waals surface area contributed by atoms with Crippen LogP contribution in [0.4, 0.5) is 0 Å². The summed E-state index contributed by atoms with van der Waals surface area (Å²) in [5.74, 6) is -0.198. The van der Waals surface area contributed by atoms with E-state index in [-0.39, 0.29) is 36.8 Å². The lowest BCUT2D eigenvalue weighted by Crippen LogP contribution is -2.41. The van der Waals surface area contributed by atoms with Gasteiger partial charge in [-0.25, -0.2) is 4.79 Å². The van der Waals surface area contributed by atoms with E-state index in [0.29, 0.717) is 33.6 Å². The number of Topliss-reactive ketones (excluding diaryl/α,β-unsaturated/α-hetero) is 1. The molecule has 0 radical (unpaired) electrons. The van der Waals surface area contributed by atoms with Crippen molar-refractivity contribution < 1.29 is 14.3 Å². The third kappa shape index (κ3) is 4.24. The number of carbonyl (C=O) groups is 1. The average Bonchev–Trinajstić information content (AvgIpc) is 3.06. The summed E-state index contributed by atoms with van der Waals surface area (Å²) >= 11 is 1.18. The summed E-state index contributed by atoms with van der Waals surface area (Å²) in [4.78, 5) is 39.6. The predicted molar refractivity (Wildman–Crippen MR) is 113 cm³/mol. The average molecular weight is 416 g/mol. The van der Waals surface area contributed by atoms with Crippen LogP contribution < -0.4 is 11.2 Å². The molecule has 0 spiro atoms. The fourth-order valence-corrected chi connectivity index (χ4v) is 4.56. The van der Waals surface area contributed by atoms with Crippen LogP contribution in [-0.4, -0.2) is 42.4 Å². The number of nitrogens with zero attached hydrogens (tertiary/aromatic N) is 2. The molecule has 1 aromatic carbocycles. The van der Waals surface area contributed by atoms with E-state index in [1.54, 1.807) is 11.5 Å². The minimum atomic E-state index is -0.387. The van der Waals surface area contributed by atoms with Crippen LogP contribution in [0.15, 0.2) is 39.9 Å². The zero-order valence-electron chi connectivity index (χ0n) is 16.8. The number of hydrogen-bond acceptors (Lipinski definition) is 6. The van der Waals surface area contributed by atoms with Gasteiger partial charge in [-0.05, 0) is 24.5 Å². The molecule has 0 N–H and O–H groups in total. The molecule has 2 heterocycles. The highest BCUT2D eigenvalue weighted by Crippen LogP contribution is 2.28. The molecule has 3 aromatic rings. The summed E-state index contributed by atoms with van der Waals surface area (Å²) in [5.41, 5.74) is 0.911. The number of fused-ring (bicyclic) bond motifs is 1. The normalized spacial score (nSPS) is 11.3. The Bertz CT molecular complexity index is 1130. The van der Waals surface area contributed by atoms with Gasteiger partial charge in [-0.15, -0.1) is 11.3 Å². The van der Waals surface area contributed by atoms with E-state index >= 15 is 0 Å². The van der Waals surface area contributed by atoms with Gasteiger partial charge in [-0.2, -0.15) is 0 Å². The first-order valence-corrected chi connectivity index (χ1v) is 10.1. The Morgan fingerprint density at radius 1 is 1.03 bits per heavy atom. The number of aromatic nitrogens is 2. The van der Waals surface area contributed by atoms with Crippen molar-refractivity contribution in [1.29, 1.82) is 0 Å². The molecule has 0 aliphatic rings. The van der Waals surface area contributed by atoms with Crippen LogP contribution >= 0.6 is 11.3 Å². The molecule has 0 amide bonds. The van der Waals surface area contributed by atoms with Gasteiger partial charge in [0, 0.05) is 20.8 Å². The highest BCUT2D eigenvalue weighted by molar-refractivity contribution is 7.20. The molecular weight excluding hydrogens is 392 g/mol. The minimum absolute atomic E-state index is 0.0697. The largest absolute Gasteiger partial charge is 0.383 e. The summed E-state index contributed by atoms with van der Waals surface area (Å²) in [6, 6.07) is 9.83. The van der Waals surface area contributed by atoms with Crippen LogP contribution in [0.1, 0.15) is 20.8 Å². The van der Waals surface area contributed by atoms with Crippen LogP contribution in [0, 0.1) is 6.92 Å². The molecule has 3 rings (SSSR count). The van der Waals surface area contributed by atoms with E-state index < -0.39 is 0 Å². The van der Waals surface area contributed by atoms with Gasteiger partial charge in [-0.3, -0.25) is 18.7 Å². The van der Waals surface area contributed by atoms with Crippen LogP contribution in [0.5, 0.6) is 0 Å². The first-order chi connectivity index (χ1) is 14.0. The number of hydrogen-bond donors (Lipinski definition) is 0. The number of benzene rings is 1. The quantitative estimate of drug-likeness (QED) is 0.500. The van der Waals surface area contributed by atoms with Gasteiger partial charge in [-0.1, -0.05) is 30.3 Å². The Hall–Kier alpha value is -2.55. The molecule has 29 heavy (non-hydrogen) atoms. The van der Waals surface area contributed by atoms with Gasteiger partial charge in [0.2, 0.25) is 0 Å². The maximum absolute atomic E-state index is 13.1. The van der Waals surface area contributed by atoms with E-state index in [0.717, 1.165) is 5.56 Å². The highest BCUT2D eigenvalue weighted by Gasteiger charge is 2.22. The van der Waals surface area contributed by atoms with Gasteiger partial charge in [0.25, 0.3) is 5.56 Å². The second-order valence-electron chi connectivity index (χ2n) is 6.71. The predicted octanol–water partition coefficient (Wildman–Crippen LogP) is 2.25. The lowest BCUT2D eigenvalue weighted by molar-refractivity contribution is 0.0852. The lowest BCUT2D eigenvalue weighted by atomic mass is 10.1. The number of thiophene rings is 1. The fourth-order valence-electron chi connectivity index (χ4n) is 3.32. The smallest absolute Gasteiger partial charge is 0.332 e. The Kier molecular flexibility index (Phi) is 6.79. The van der Waals surface area contributed by atoms with Gasteiger partial charge in [0.15, 0.2) is 5.78 Å². The third-order valence-electron chi connectivity index (χ3n) is 4.81. The van der Waals surface area contributed by atoms with E-state index in [1.807, 2.05) is 30.3 Å². The zero-order chi connectivity index (χ0) is 21.0. The summed E-state index contributed by atoms with van der Waals surface area (Å²) in [5, 5.41) is 0.415. The Morgan fingerprint density at radius 2 is 1.76 bits per heavy atom. The molecule has 0 fully saturated rings. The Labute approximate surface area is 172 Å². The molecule has 0 bridgehead atoms. The summed E-state index contributed by atoms with van der Waals surface area (Å²) in [6.07, 6.45) is 0.636. The molecule has 0 atom stereocenters. The maximum Gasteiger partial charge on any atom is 0.332 e. The van der Waals surface area contributed by atoms with E-state index in [9.17, 15) is 14.4 Å². The second-order valence-corrected chi connectivity index (χ2v) is 7.71. The number of carbonyl (C=O) groups excluding carboxylic acids is 1. The van der Waals surface area contributed by atoms with Crippen molar-refractivity contribution >= 4 is 27.3 Å². The van der Waals surface area contributed by atoms with Crippen molar-refractivity contribution in [3.63, 3.8) is 0 Å². The number of methoxy groups -OCH3 is 2. The Morgan fingerprint density at radius 3 is 2.41 bits per heavy atom. The molecule has 0 aliphatic carbocycles. The molecule has 7 nitrogen and oxygen atoms in total. The van der Waals surface area contributed by atoms with Crippen molar-refractivity contribution in [2.45, 2.75) is 26.4 Å². The number of ether oxygens (including phenoxy) is 2. The fraction of sp³-hybridized carbons (Fsp3) is 0.381. The van der Waals surface area contributed by atoms with Crippen LogP contribution in [0.2, 0.25) is 0 Å². The van der Waals surface area contributed by atoms with Crippen LogP contribution in [-0.2, 0) is 29.0 Å². The van der Waals surface area contributed by atoms with Crippen molar-refractivity contribution in [3.8, 4) is 0 Å². The van der Waals surface area contributed by atoms with Crippen molar-refractivity contribution in [2.75, 3.05) is 27.4 Å². The molecule has 154 valence electrons. The first kappa shape index (κ1) is 21.2. The SMILES string of the molecule is COCCn1c(=O)c2c(C)c(C(=O)COC)sc2n(CCc2ccccc2)c1=O. The maximum atomic E-state index is 13.1. The number of rotatable bonds is 9. The molecule has 0 saturated carbocycles. The molecule has 8 heteroatoms. The van der Waals surface area contributed by atoms with Gasteiger partial charge < -0.3 is 9.47 Å². The molecule has 0 saturated heterocycles. The molecule has 2 aromatic heterocycles. The minimum Gasteiger partial charge on any atom is -0.383 e. The monoisotopic (exact) mass is 416 g/mol. The zero-order valence-corrected chi connectivity index (χ0v) is 17.6. The molecule has 0 unspecified atom stereocenters. The van der Waals surface area contributed by atoms with E-state index in [4.69, 9.17) is 9.47 Å². The summed E-state index contributed by atoms with van der Waals surface area (Å²) in [6.45, 7) is 2.49. The molecular formula is C21H24N2O5S. The second kappa shape index (κ2) is 9.30. The number of aryl methyl sites for hydroxylation is 3.